The normalized spacial score (nSPS) is 10.3. The third kappa shape index (κ3) is 3.86. The van der Waals surface area contributed by atoms with Gasteiger partial charge >= 0.3 is 5.97 Å². The predicted molar refractivity (Wildman–Crippen MR) is 81.5 cm³/mol. The summed E-state index contributed by atoms with van der Waals surface area (Å²) in [4.78, 5) is 11.3. The number of halogens is 3. The van der Waals surface area contributed by atoms with Crippen molar-refractivity contribution >= 4 is 34.9 Å². The van der Waals surface area contributed by atoms with Crippen molar-refractivity contribution in [2.24, 2.45) is 0 Å². The number of carbonyl (C=O) groups excluding carboxylic acids is 1. The van der Waals surface area contributed by atoms with E-state index < -0.39 is 5.82 Å². The van der Waals surface area contributed by atoms with Crippen molar-refractivity contribution in [1.29, 1.82) is 0 Å². The van der Waals surface area contributed by atoms with E-state index in [1.54, 1.807) is 24.3 Å². The molecule has 110 valence electrons. The molecule has 0 radical (unpaired) electrons. The number of rotatable bonds is 4. The molecule has 0 aliphatic carbocycles. The van der Waals surface area contributed by atoms with E-state index in [2.05, 4.69) is 10.1 Å². The van der Waals surface area contributed by atoms with Crippen molar-refractivity contribution < 1.29 is 13.9 Å². The van der Waals surface area contributed by atoms with Crippen LogP contribution in [-0.2, 0) is 11.3 Å². The first-order chi connectivity index (χ1) is 10.0. The summed E-state index contributed by atoms with van der Waals surface area (Å²) < 4.78 is 17.9. The van der Waals surface area contributed by atoms with Crippen LogP contribution in [0.15, 0.2) is 36.4 Å². The molecule has 0 amide bonds. The molecule has 0 atom stereocenters. The summed E-state index contributed by atoms with van der Waals surface area (Å²) in [7, 11) is 1.33. The van der Waals surface area contributed by atoms with Crippen molar-refractivity contribution in [3.05, 3.63) is 63.4 Å². The summed E-state index contributed by atoms with van der Waals surface area (Å²) in [5, 5.41) is 3.01. The highest BCUT2D eigenvalue weighted by Gasteiger charge is 2.08. The van der Waals surface area contributed by atoms with E-state index in [4.69, 9.17) is 23.2 Å². The molecule has 0 unspecified atom stereocenters. The lowest BCUT2D eigenvalue weighted by molar-refractivity contribution is 0.0600. The Hall–Kier alpha value is -1.78. The molecule has 0 saturated heterocycles. The molecule has 2 rings (SSSR count). The summed E-state index contributed by atoms with van der Waals surface area (Å²) >= 11 is 11.4. The van der Waals surface area contributed by atoms with Crippen LogP contribution in [0.1, 0.15) is 15.9 Å². The third-order valence-corrected chi connectivity index (χ3v) is 3.41. The Bertz CT molecular complexity index is 636. The summed E-state index contributed by atoms with van der Waals surface area (Å²) in [5.41, 5.74) is 2.04. The van der Waals surface area contributed by atoms with Crippen LogP contribution in [0.5, 0.6) is 0 Å². The van der Waals surface area contributed by atoms with Crippen molar-refractivity contribution in [1.82, 2.24) is 0 Å². The lowest BCUT2D eigenvalue weighted by atomic mass is 10.1. The predicted octanol–water partition coefficient (Wildman–Crippen LogP) is 4.53. The van der Waals surface area contributed by atoms with E-state index in [0.29, 0.717) is 17.8 Å². The number of carbonyl (C=O) groups is 1. The summed E-state index contributed by atoms with van der Waals surface area (Å²) in [6.45, 7) is 0.486. The fourth-order valence-electron chi connectivity index (χ4n) is 1.74. The minimum Gasteiger partial charge on any atom is -0.465 e. The Morgan fingerprint density at radius 3 is 2.29 bits per heavy atom. The minimum atomic E-state index is -0.633. The SMILES string of the molecule is COC(=O)c1ccc(CNc2cc(Cl)c(F)c(Cl)c2)cc1. The zero-order valence-corrected chi connectivity index (χ0v) is 12.6. The molecule has 6 heteroatoms. The van der Waals surface area contributed by atoms with Gasteiger partial charge in [-0.25, -0.2) is 9.18 Å². The van der Waals surface area contributed by atoms with Crippen LogP contribution in [0.25, 0.3) is 0 Å². The molecule has 0 spiro atoms. The maximum Gasteiger partial charge on any atom is 0.337 e. The number of nitrogens with one attached hydrogen (secondary N) is 1. The van der Waals surface area contributed by atoms with Gasteiger partial charge in [0.05, 0.1) is 22.7 Å². The van der Waals surface area contributed by atoms with Gasteiger partial charge in [-0.1, -0.05) is 35.3 Å². The zero-order chi connectivity index (χ0) is 15.4. The smallest absolute Gasteiger partial charge is 0.337 e. The molecule has 0 fully saturated rings. The van der Waals surface area contributed by atoms with Crippen LogP contribution in [0.3, 0.4) is 0 Å². The van der Waals surface area contributed by atoms with Crippen LogP contribution in [0.4, 0.5) is 10.1 Å². The first-order valence-electron chi connectivity index (χ1n) is 6.07. The van der Waals surface area contributed by atoms with Gasteiger partial charge in [-0.05, 0) is 29.8 Å². The van der Waals surface area contributed by atoms with Crippen molar-refractivity contribution in [2.45, 2.75) is 6.54 Å². The van der Waals surface area contributed by atoms with E-state index in [-0.39, 0.29) is 16.0 Å². The molecule has 0 aliphatic rings. The second-order valence-electron chi connectivity index (χ2n) is 4.30. The van der Waals surface area contributed by atoms with Gasteiger partial charge in [0.2, 0.25) is 0 Å². The molecule has 0 bridgehead atoms. The van der Waals surface area contributed by atoms with E-state index >= 15 is 0 Å². The molecule has 0 heterocycles. The summed E-state index contributed by atoms with van der Waals surface area (Å²) in [5.74, 6) is -1.02. The topological polar surface area (TPSA) is 38.3 Å². The zero-order valence-electron chi connectivity index (χ0n) is 11.1. The van der Waals surface area contributed by atoms with Gasteiger partial charge in [0.1, 0.15) is 0 Å². The maximum atomic E-state index is 13.3. The van der Waals surface area contributed by atoms with Crippen LogP contribution >= 0.6 is 23.2 Å². The number of anilines is 1. The molecule has 21 heavy (non-hydrogen) atoms. The Kier molecular flexibility index (Phi) is 5.04. The first-order valence-corrected chi connectivity index (χ1v) is 6.82. The maximum absolute atomic E-state index is 13.3. The lowest BCUT2D eigenvalue weighted by Gasteiger charge is -2.09. The monoisotopic (exact) mass is 327 g/mol. The number of esters is 1. The molecule has 3 nitrogen and oxygen atoms in total. The third-order valence-electron chi connectivity index (χ3n) is 2.86. The Labute approximate surface area is 131 Å². The number of methoxy groups -OCH3 is 1. The van der Waals surface area contributed by atoms with Crippen LogP contribution in [-0.4, -0.2) is 13.1 Å². The van der Waals surface area contributed by atoms with Gasteiger partial charge in [-0.2, -0.15) is 0 Å². The molecule has 2 aromatic carbocycles. The van der Waals surface area contributed by atoms with Gasteiger partial charge < -0.3 is 10.1 Å². The largest absolute Gasteiger partial charge is 0.465 e. The molecule has 1 N–H and O–H groups in total. The van der Waals surface area contributed by atoms with E-state index in [1.165, 1.54) is 19.2 Å². The summed E-state index contributed by atoms with van der Waals surface area (Å²) in [6.07, 6.45) is 0. The Morgan fingerprint density at radius 2 is 1.76 bits per heavy atom. The fraction of sp³-hybridized carbons (Fsp3) is 0.133. The summed E-state index contributed by atoms with van der Waals surface area (Å²) in [6, 6.07) is 9.87. The highest BCUT2D eigenvalue weighted by molar-refractivity contribution is 6.35. The van der Waals surface area contributed by atoms with Gasteiger partial charge in [0.25, 0.3) is 0 Å². The van der Waals surface area contributed by atoms with Gasteiger partial charge in [-0.3, -0.25) is 0 Å². The van der Waals surface area contributed by atoms with Crippen molar-refractivity contribution in [3.63, 3.8) is 0 Å². The van der Waals surface area contributed by atoms with Crippen LogP contribution in [0.2, 0.25) is 10.0 Å². The molecular weight excluding hydrogens is 316 g/mol. The minimum absolute atomic E-state index is 0.0361. The Balaban J connectivity index is 2.05. The van der Waals surface area contributed by atoms with Crippen LogP contribution < -0.4 is 5.32 Å². The van der Waals surface area contributed by atoms with Gasteiger partial charge in [0, 0.05) is 12.2 Å². The first kappa shape index (κ1) is 15.6. The molecule has 0 aromatic heterocycles. The fourth-order valence-corrected chi connectivity index (χ4v) is 2.23. The highest BCUT2D eigenvalue weighted by Crippen LogP contribution is 2.27. The van der Waals surface area contributed by atoms with Crippen LogP contribution in [0, 0.1) is 5.82 Å². The molecule has 0 aliphatic heterocycles. The molecule has 0 saturated carbocycles. The highest BCUT2D eigenvalue weighted by atomic mass is 35.5. The average molecular weight is 328 g/mol. The second-order valence-corrected chi connectivity index (χ2v) is 5.11. The lowest BCUT2D eigenvalue weighted by Crippen LogP contribution is -2.03. The van der Waals surface area contributed by atoms with E-state index in [9.17, 15) is 9.18 Å². The second kappa shape index (κ2) is 6.78. The van der Waals surface area contributed by atoms with E-state index in [1.807, 2.05) is 0 Å². The molecular formula is C15H12Cl2FNO2. The quantitative estimate of drug-likeness (QED) is 0.662. The van der Waals surface area contributed by atoms with Crippen molar-refractivity contribution in [3.8, 4) is 0 Å². The number of hydrogen-bond acceptors (Lipinski definition) is 3. The Morgan fingerprint density at radius 1 is 1.19 bits per heavy atom. The average Bonchev–Trinajstić information content (AvgIpc) is 2.50. The standard InChI is InChI=1S/C15H12Cl2FNO2/c1-21-15(20)10-4-2-9(3-5-10)8-19-11-6-12(16)14(18)13(17)7-11/h2-7,19H,8H2,1H3. The van der Waals surface area contributed by atoms with Crippen molar-refractivity contribution in [2.75, 3.05) is 12.4 Å². The van der Waals surface area contributed by atoms with Gasteiger partial charge in [-0.15, -0.1) is 0 Å². The van der Waals surface area contributed by atoms with Gasteiger partial charge in [0.15, 0.2) is 5.82 Å². The number of ether oxygens (including phenoxy) is 1. The number of benzene rings is 2. The molecule has 2 aromatic rings. The number of hydrogen-bond donors (Lipinski definition) is 1. The van der Waals surface area contributed by atoms with E-state index in [0.717, 1.165) is 5.56 Å².